The number of hydrogen-bond acceptors (Lipinski definition) is 4. The summed E-state index contributed by atoms with van der Waals surface area (Å²) in [5.41, 5.74) is 5.11. The molecule has 0 aromatic carbocycles. The Morgan fingerprint density at radius 1 is 1.48 bits per heavy atom. The molecule has 1 saturated carbocycles. The van der Waals surface area contributed by atoms with Gasteiger partial charge in [-0.15, -0.1) is 11.3 Å². The summed E-state index contributed by atoms with van der Waals surface area (Å²) in [6.45, 7) is 4.18. The Labute approximate surface area is 136 Å². The van der Waals surface area contributed by atoms with E-state index in [4.69, 9.17) is 18.0 Å². The molecule has 0 saturated heterocycles. The van der Waals surface area contributed by atoms with Crippen LogP contribution in [0.15, 0.2) is 16.3 Å². The largest absolute Gasteiger partial charge is 0.392 e. The second kappa shape index (κ2) is 6.32. The van der Waals surface area contributed by atoms with Gasteiger partial charge in [0.25, 0.3) is 10.0 Å². The zero-order valence-corrected chi connectivity index (χ0v) is 14.8. The first-order chi connectivity index (χ1) is 9.79. The summed E-state index contributed by atoms with van der Waals surface area (Å²) >= 11 is 6.47. The van der Waals surface area contributed by atoms with Gasteiger partial charge in [0.15, 0.2) is 0 Å². The first-order valence-corrected chi connectivity index (χ1v) is 9.92. The molecule has 118 valence electrons. The molecule has 1 fully saturated rings. The van der Waals surface area contributed by atoms with Crippen LogP contribution in [0.3, 0.4) is 0 Å². The van der Waals surface area contributed by atoms with Crippen LogP contribution < -0.4 is 10.5 Å². The predicted octanol–water partition coefficient (Wildman–Crippen LogP) is 2.82. The molecule has 3 N–H and O–H groups in total. The lowest BCUT2D eigenvalue weighted by atomic mass is 9.78. The molecule has 0 atom stereocenters. The molecular weight excluding hydrogens is 324 g/mol. The van der Waals surface area contributed by atoms with Crippen molar-refractivity contribution < 1.29 is 8.42 Å². The molecule has 4 nitrogen and oxygen atoms in total. The van der Waals surface area contributed by atoms with Gasteiger partial charge in [0.2, 0.25) is 0 Å². The minimum atomic E-state index is -3.57. The highest BCUT2D eigenvalue weighted by Gasteiger charge is 2.41. The summed E-state index contributed by atoms with van der Waals surface area (Å²) in [5.74, 6) is 0.588. The molecule has 1 aliphatic carbocycles. The maximum atomic E-state index is 12.6. The van der Waals surface area contributed by atoms with Gasteiger partial charge in [-0.1, -0.05) is 26.1 Å². The van der Waals surface area contributed by atoms with Crippen molar-refractivity contribution in [3.05, 3.63) is 17.0 Å². The standard InChI is InChI=1S/C14H22N2O2S3/c1-3-11-4-5-12(20-11)21(17,18)16-14(13(15)19)8-6-10(2)7-9-14/h4-5,10,16H,3,6-9H2,1-2H3,(H2,15,19). The van der Waals surface area contributed by atoms with Crippen LogP contribution in [-0.4, -0.2) is 18.9 Å². The Bertz CT molecular complexity index is 614. The van der Waals surface area contributed by atoms with E-state index in [1.54, 1.807) is 6.07 Å². The fourth-order valence-corrected chi connectivity index (χ4v) is 5.71. The number of thiocarbonyl (C=S) groups is 1. The van der Waals surface area contributed by atoms with Crippen LogP contribution in [0.1, 0.15) is 44.4 Å². The molecule has 0 bridgehead atoms. The van der Waals surface area contributed by atoms with Crippen LogP contribution in [0, 0.1) is 5.92 Å². The maximum absolute atomic E-state index is 12.6. The van der Waals surface area contributed by atoms with Crippen molar-refractivity contribution in [3.8, 4) is 0 Å². The van der Waals surface area contributed by atoms with Gasteiger partial charge in [-0.05, 0) is 50.2 Å². The third-order valence-corrected chi connectivity index (χ3v) is 7.83. The van der Waals surface area contributed by atoms with Gasteiger partial charge < -0.3 is 5.73 Å². The van der Waals surface area contributed by atoms with Crippen LogP contribution >= 0.6 is 23.6 Å². The zero-order valence-electron chi connectivity index (χ0n) is 12.4. The van der Waals surface area contributed by atoms with E-state index in [0.717, 1.165) is 24.1 Å². The Hall–Kier alpha value is -0.500. The fraction of sp³-hybridized carbons (Fsp3) is 0.643. The highest BCUT2D eigenvalue weighted by atomic mass is 32.2. The molecule has 1 aromatic heterocycles. The number of nitrogens with two attached hydrogens (primary N) is 1. The molecule has 1 aromatic rings. The highest BCUT2D eigenvalue weighted by Crippen LogP contribution is 2.34. The predicted molar refractivity (Wildman–Crippen MR) is 91.2 cm³/mol. The summed E-state index contributed by atoms with van der Waals surface area (Å²) in [4.78, 5) is 1.31. The van der Waals surface area contributed by atoms with Crippen molar-refractivity contribution in [2.45, 2.75) is 55.7 Å². The first kappa shape index (κ1) is 16.9. The molecule has 1 aliphatic rings. The topological polar surface area (TPSA) is 72.2 Å². The quantitative estimate of drug-likeness (QED) is 0.804. The van der Waals surface area contributed by atoms with Gasteiger partial charge in [-0.25, -0.2) is 8.42 Å². The second-order valence-electron chi connectivity index (χ2n) is 5.81. The second-order valence-corrected chi connectivity index (χ2v) is 9.33. The average Bonchev–Trinajstić information content (AvgIpc) is 2.91. The number of aryl methyl sites for hydroxylation is 1. The van der Waals surface area contributed by atoms with Gasteiger partial charge in [-0.2, -0.15) is 4.72 Å². The summed E-state index contributed by atoms with van der Waals surface area (Å²) in [6, 6.07) is 3.51. The number of hydrogen-bond donors (Lipinski definition) is 2. The SMILES string of the molecule is CCc1ccc(S(=O)(=O)NC2(C(N)=S)CCC(C)CC2)s1. The summed E-state index contributed by atoms with van der Waals surface area (Å²) in [5, 5.41) is 0. The third kappa shape index (κ3) is 3.64. The molecule has 0 amide bonds. The highest BCUT2D eigenvalue weighted by molar-refractivity contribution is 7.91. The van der Waals surface area contributed by atoms with E-state index in [0.29, 0.717) is 23.0 Å². The fourth-order valence-electron chi connectivity index (χ4n) is 2.65. The lowest BCUT2D eigenvalue weighted by Crippen LogP contribution is -2.58. The normalized spacial score (nSPS) is 26.7. The third-order valence-electron chi connectivity index (χ3n) is 4.18. The van der Waals surface area contributed by atoms with Crippen molar-refractivity contribution >= 4 is 38.6 Å². The maximum Gasteiger partial charge on any atom is 0.250 e. The average molecular weight is 347 g/mol. The monoisotopic (exact) mass is 346 g/mol. The summed E-state index contributed by atoms with van der Waals surface area (Å²) in [6.07, 6.45) is 4.05. The minimum Gasteiger partial charge on any atom is -0.392 e. The van der Waals surface area contributed by atoms with Gasteiger partial charge in [0, 0.05) is 4.88 Å². The summed E-state index contributed by atoms with van der Waals surface area (Å²) in [7, 11) is -3.57. The minimum absolute atomic E-state index is 0.255. The van der Waals surface area contributed by atoms with Crippen molar-refractivity contribution in [2.24, 2.45) is 11.7 Å². The van der Waals surface area contributed by atoms with Gasteiger partial charge in [-0.3, -0.25) is 0 Å². The van der Waals surface area contributed by atoms with Gasteiger partial charge in [0.05, 0.1) is 10.5 Å². The zero-order chi connectivity index (χ0) is 15.7. The molecule has 0 spiro atoms. The van der Waals surface area contributed by atoms with E-state index >= 15 is 0 Å². The van der Waals surface area contributed by atoms with E-state index in [9.17, 15) is 8.42 Å². The molecule has 0 radical (unpaired) electrons. The molecule has 0 aliphatic heterocycles. The van der Waals surface area contributed by atoms with E-state index < -0.39 is 15.6 Å². The lowest BCUT2D eigenvalue weighted by Gasteiger charge is -2.38. The van der Waals surface area contributed by atoms with Crippen molar-refractivity contribution in [1.29, 1.82) is 0 Å². The number of thiophene rings is 1. The Kier molecular flexibility index (Phi) is 5.07. The molecule has 7 heteroatoms. The molecular formula is C14H22N2O2S3. The van der Waals surface area contributed by atoms with Crippen LogP contribution in [0.2, 0.25) is 0 Å². The smallest absolute Gasteiger partial charge is 0.250 e. The summed E-state index contributed by atoms with van der Waals surface area (Å²) < 4.78 is 28.4. The van der Waals surface area contributed by atoms with Crippen LogP contribution in [-0.2, 0) is 16.4 Å². The molecule has 2 rings (SSSR count). The van der Waals surface area contributed by atoms with E-state index in [1.807, 2.05) is 13.0 Å². The molecule has 0 unspecified atom stereocenters. The van der Waals surface area contributed by atoms with E-state index in [-0.39, 0.29) is 4.99 Å². The number of rotatable bonds is 5. The number of nitrogens with one attached hydrogen (secondary N) is 1. The molecule has 1 heterocycles. The first-order valence-electron chi connectivity index (χ1n) is 7.21. The van der Waals surface area contributed by atoms with E-state index in [1.165, 1.54) is 11.3 Å². The van der Waals surface area contributed by atoms with E-state index in [2.05, 4.69) is 11.6 Å². The van der Waals surface area contributed by atoms with Crippen molar-refractivity contribution in [1.82, 2.24) is 4.72 Å². The van der Waals surface area contributed by atoms with Crippen LogP contribution in [0.5, 0.6) is 0 Å². The van der Waals surface area contributed by atoms with Crippen LogP contribution in [0.25, 0.3) is 0 Å². The molecule has 21 heavy (non-hydrogen) atoms. The lowest BCUT2D eigenvalue weighted by molar-refractivity contribution is 0.289. The Morgan fingerprint density at radius 3 is 2.57 bits per heavy atom. The van der Waals surface area contributed by atoms with Gasteiger partial charge in [0.1, 0.15) is 4.21 Å². The van der Waals surface area contributed by atoms with Crippen LogP contribution in [0.4, 0.5) is 0 Å². The Balaban J connectivity index is 2.26. The Morgan fingerprint density at radius 2 is 2.10 bits per heavy atom. The van der Waals surface area contributed by atoms with Crippen molar-refractivity contribution in [3.63, 3.8) is 0 Å². The van der Waals surface area contributed by atoms with Gasteiger partial charge >= 0.3 is 0 Å². The van der Waals surface area contributed by atoms with Crippen molar-refractivity contribution in [2.75, 3.05) is 0 Å². The number of sulfonamides is 1.